The molecule has 0 aliphatic heterocycles. The molecule has 1 aromatic rings. The van der Waals surface area contributed by atoms with Gasteiger partial charge in [-0.15, -0.1) is 0 Å². The molecule has 0 amide bonds. The molecule has 0 radical (unpaired) electrons. The van der Waals surface area contributed by atoms with E-state index in [4.69, 9.17) is 5.11 Å². The van der Waals surface area contributed by atoms with Gasteiger partial charge in [-0.3, -0.25) is 9.69 Å². The molecule has 0 saturated heterocycles. The number of hydrogen-bond donors (Lipinski definition) is 1. The molecular formula is C16H26N2O2. The average molecular weight is 278 g/mol. The smallest absolute Gasteiger partial charge is 0.304 e. The van der Waals surface area contributed by atoms with E-state index in [2.05, 4.69) is 43.0 Å². The number of hydrogen-bond acceptors (Lipinski definition) is 3. The fraction of sp³-hybridized carbons (Fsp3) is 0.562. The Hall–Kier alpha value is -1.39. The molecule has 0 aromatic heterocycles. The van der Waals surface area contributed by atoms with Crippen LogP contribution in [0.4, 0.5) is 0 Å². The van der Waals surface area contributed by atoms with E-state index >= 15 is 0 Å². The highest BCUT2D eigenvalue weighted by Gasteiger charge is 2.16. The van der Waals surface area contributed by atoms with E-state index < -0.39 is 5.97 Å². The molecule has 0 aliphatic carbocycles. The van der Waals surface area contributed by atoms with Crippen molar-refractivity contribution in [2.45, 2.75) is 25.8 Å². The van der Waals surface area contributed by atoms with Gasteiger partial charge in [0.25, 0.3) is 0 Å². The van der Waals surface area contributed by atoms with Gasteiger partial charge in [0.1, 0.15) is 0 Å². The number of benzene rings is 1. The van der Waals surface area contributed by atoms with Crippen LogP contribution in [0, 0.1) is 0 Å². The van der Waals surface area contributed by atoms with Crippen molar-refractivity contribution in [1.29, 1.82) is 0 Å². The lowest BCUT2D eigenvalue weighted by atomic mass is 10.1. The minimum atomic E-state index is -0.733. The van der Waals surface area contributed by atoms with Crippen molar-refractivity contribution in [2.75, 3.05) is 33.7 Å². The van der Waals surface area contributed by atoms with Gasteiger partial charge in [0.2, 0.25) is 0 Å². The van der Waals surface area contributed by atoms with Crippen LogP contribution < -0.4 is 0 Å². The van der Waals surface area contributed by atoms with E-state index in [1.165, 1.54) is 5.56 Å². The van der Waals surface area contributed by atoms with Gasteiger partial charge >= 0.3 is 5.97 Å². The molecular weight excluding hydrogens is 252 g/mol. The van der Waals surface area contributed by atoms with Crippen molar-refractivity contribution in [3.05, 3.63) is 35.9 Å². The van der Waals surface area contributed by atoms with Crippen molar-refractivity contribution in [1.82, 2.24) is 9.80 Å². The van der Waals surface area contributed by atoms with Crippen molar-refractivity contribution in [3.63, 3.8) is 0 Å². The van der Waals surface area contributed by atoms with Crippen LogP contribution in [-0.4, -0.2) is 54.6 Å². The van der Waals surface area contributed by atoms with Crippen LogP contribution in [0.3, 0.4) is 0 Å². The minimum absolute atomic E-state index is 0.194. The van der Waals surface area contributed by atoms with E-state index in [1.54, 1.807) is 0 Å². The molecule has 0 fully saturated rings. The lowest BCUT2D eigenvalue weighted by Crippen LogP contribution is -2.32. The normalized spacial score (nSPS) is 12.8. The third-order valence-corrected chi connectivity index (χ3v) is 3.49. The molecule has 1 rings (SSSR count). The Morgan fingerprint density at radius 3 is 2.35 bits per heavy atom. The molecule has 0 heterocycles. The lowest BCUT2D eigenvalue weighted by molar-refractivity contribution is -0.137. The zero-order chi connectivity index (χ0) is 15.0. The Labute approximate surface area is 122 Å². The van der Waals surface area contributed by atoms with Gasteiger partial charge in [-0.2, -0.15) is 0 Å². The molecule has 1 unspecified atom stereocenters. The third-order valence-electron chi connectivity index (χ3n) is 3.49. The lowest BCUT2D eigenvalue weighted by Gasteiger charge is -2.29. The Morgan fingerprint density at radius 2 is 1.80 bits per heavy atom. The molecule has 0 bridgehead atoms. The number of carbonyl (C=O) groups is 1. The quantitative estimate of drug-likeness (QED) is 0.753. The number of rotatable bonds is 9. The Morgan fingerprint density at radius 1 is 1.15 bits per heavy atom. The zero-order valence-electron chi connectivity index (χ0n) is 12.7. The molecule has 112 valence electrons. The number of carboxylic acid groups (broad SMARTS) is 1. The minimum Gasteiger partial charge on any atom is -0.481 e. The zero-order valence-corrected chi connectivity index (χ0v) is 12.7. The number of carboxylic acids is 1. The summed E-state index contributed by atoms with van der Waals surface area (Å²) in [7, 11) is 4.12. The van der Waals surface area contributed by atoms with Gasteiger partial charge in [0, 0.05) is 12.6 Å². The second kappa shape index (κ2) is 8.72. The largest absolute Gasteiger partial charge is 0.481 e. The molecule has 4 heteroatoms. The van der Waals surface area contributed by atoms with Gasteiger partial charge in [0.05, 0.1) is 6.42 Å². The van der Waals surface area contributed by atoms with Gasteiger partial charge in [0.15, 0.2) is 0 Å². The summed E-state index contributed by atoms with van der Waals surface area (Å²) in [4.78, 5) is 15.2. The molecule has 0 aliphatic rings. The first-order valence-corrected chi connectivity index (χ1v) is 7.16. The summed E-state index contributed by atoms with van der Waals surface area (Å²) in [5.74, 6) is -0.733. The molecule has 4 nitrogen and oxygen atoms in total. The molecule has 0 saturated carbocycles. The fourth-order valence-corrected chi connectivity index (χ4v) is 2.27. The fourth-order valence-electron chi connectivity index (χ4n) is 2.27. The van der Waals surface area contributed by atoms with Gasteiger partial charge in [-0.1, -0.05) is 30.3 Å². The summed E-state index contributed by atoms with van der Waals surface area (Å²) < 4.78 is 0. The summed E-state index contributed by atoms with van der Waals surface area (Å²) in [6.45, 7) is 4.68. The van der Waals surface area contributed by atoms with E-state index in [1.807, 2.05) is 18.2 Å². The van der Waals surface area contributed by atoms with Crippen molar-refractivity contribution >= 4 is 5.97 Å². The van der Waals surface area contributed by atoms with E-state index in [-0.39, 0.29) is 12.5 Å². The maximum absolute atomic E-state index is 10.8. The second-order valence-corrected chi connectivity index (χ2v) is 5.42. The van der Waals surface area contributed by atoms with Crippen molar-refractivity contribution in [2.24, 2.45) is 0 Å². The first-order valence-electron chi connectivity index (χ1n) is 7.16. The highest BCUT2D eigenvalue weighted by molar-refractivity contribution is 5.66. The monoisotopic (exact) mass is 278 g/mol. The number of aliphatic carboxylic acids is 1. The van der Waals surface area contributed by atoms with Crippen LogP contribution in [0.25, 0.3) is 0 Å². The summed E-state index contributed by atoms with van der Waals surface area (Å²) in [5.41, 5.74) is 1.24. The average Bonchev–Trinajstić information content (AvgIpc) is 2.42. The van der Waals surface area contributed by atoms with Crippen LogP contribution in [0.5, 0.6) is 0 Å². The SMILES string of the molecule is CC(c1ccccc1)N(CCCN(C)C)CCC(=O)O. The highest BCUT2D eigenvalue weighted by atomic mass is 16.4. The molecule has 1 aromatic carbocycles. The van der Waals surface area contributed by atoms with Gasteiger partial charge in [-0.25, -0.2) is 0 Å². The van der Waals surface area contributed by atoms with Crippen LogP contribution >= 0.6 is 0 Å². The molecule has 1 N–H and O–H groups in total. The Bertz CT molecular complexity index is 393. The van der Waals surface area contributed by atoms with Gasteiger partial charge in [-0.05, 0) is 46.1 Å². The Balaban J connectivity index is 2.62. The summed E-state index contributed by atoms with van der Waals surface area (Å²) >= 11 is 0. The van der Waals surface area contributed by atoms with E-state index in [0.29, 0.717) is 6.54 Å². The summed E-state index contributed by atoms with van der Waals surface area (Å²) in [6.07, 6.45) is 1.24. The van der Waals surface area contributed by atoms with Crippen molar-refractivity contribution < 1.29 is 9.90 Å². The van der Waals surface area contributed by atoms with Gasteiger partial charge < -0.3 is 10.0 Å². The maximum Gasteiger partial charge on any atom is 0.304 e. The van der Waals surface area contributed by atoms with Crippen LogP contribution in [-0.2, 0) is 4.79 Å². The highest BCUT2D eigenvalue weighted by Crippen LogP contribution is 2.20. The first kappa shape index (κ1) is 16.7. The summed E-state index contributed by atoms with van der Waals surface area (Å²) in [6, 6.07) is 10.5. The molecule has 1 atom stereocenters. The standard InChI is InChI=1S/C16H26N2O2/c1-14(15-8-5-4-6-9-15)18(13-10-16(19)20)12-7-11-17(2)3/h4-6,8-9,14H,7,10-13H2,1-3H3,(H,19,20). The van der Waals surface area contributed by atoms with E-state index in [9.17, 15) is 4.79 Å². The first-order chi connectivity index (χ1) is 9.50. The van der Waals surface area contributed by atoms with Crippen LogP contribution in [0.1, 0.15) is 31.4 Å². The van der Waals surface area contributed by atoms with Crippen LogP contribution in [0.2, 0.25) is 0 Å². The van der Waals surface area contributed by atoms with Crippen molar-refractivity contribution in [3.8, 4) is 0 Å². The second-order valence-electron chi connectivity index (χ2n) is 5.42. The molecule has 0 spiro atoms. The maximum atomic E-state index is 10.8. The van der Waals surface area contributed by atoms with E-state index in [0.717, 1.165) is 19.5 Å². The number of nitrogens with zero attached hydrogens (tertiary/aromatic N) is 2. The van der Waals surface area contributed by atoms with Crippen LogP contribution in [0.15, 0.2) is 30.3 Å². The predicted octanol–water partition coefficient (Wildman–Crippen LogP) is 2.48. The summed E-state index contributed by atoms with van der Waals surface area (Å²) in [5, 5.41) is 8.89. The molecule has 20 heavy (non-hydrogen) atoms. The topological polar surface area (TPSA) is 43.8 Å². The predicted molar refractivity (Wildman–Crippen MR) is 81.9 cm³/mol. The Kier molecular flexibility index (Phi) is 7.26. The third kappa shape index (κ3) is 6.17.